The molecule has 0 aromatic heterocycles. The Morgan fingerprint density at radius 3 is 2.15 bits per heavy atom. The maximum Gasteiger partial charge on any atom is 0.407 e. The summed E-state index contributed by atoms with van der Waals surface area (Å²) in [6.07, 6.45) is -0.455. The summed E-state index contributed by atoms with van der Waals surface area (Å²) in [6.45, 7) is 6.15. The molecule has 0 spiro atoms. The second kappa shape index (κ2) is 8.33. The Kier molecular flexibility index (Phi) is 6.16. The largest absolute Gasteiger partial charge is 0.489 e. The third kappa shape index (κ3) is 6.43. The Hall–Kier alpha value is -3.09. The van der Waals surface area contributed by atoms with Crippen molar-refractivity contribution in [1.82, 2.24) is 5.32 Å². The normalized spacial score (nSPS) is 10.9. The lowest BCUT2D eigenvalue weighted by Crippen LogP contribution is -2.32. The molecule has 7 heteroatoms. The number of benzene rings is 2. The average molecular weight is 358 g/mol. The fourth-order valence-electron chi connectivity index (χ4n) is 2.07. The van der Waals surface area contributed by atoms with Crippen molar-refractivity contribution < 1.29 is 19.2 Å². The SMILES string of the molecule is CC(C)(C)OC(=O)NCc1ccc(COc2ccc([N+](=O)[O-])cc2)cc1. The molecule has 0 aliphatic carbocycles. The van der Waals surface area contributed by atoms with Crippen LogP contribution in [0.15, 0.2) is 48.5 Å². The highest BCUT2D eigenvalue weighted by molar-refractivity contribution is 5.67. The lowest BCUT2D eigenvalue weighted by Gasteiger charge is -2.19. The predicted octanol–water partition coefficient (Wildman–Crippen LogP) is 4.20. The van der Waals surface area contributed by atoms with Crippen molar-refractivity contribution in [2.45, 2.75) is 39.5 Å². The second-order valence-electron chi connectivity index (χ2n) is 6.71. The van der Waals surface area contributed by atoms with Gasteiger partial charge in [0, 0.05) is 18.7 Å². The fourth-order valence-corrected chi connectivity index (χ4v) is 2.07. The van der Waals surface area contributed by atoms with Crippen molar-refractivity contribution in [2.24, 2.45) is 0 Å². The van der Waals surface area contributed by atoms with E-state index in [1.165, 1.54) is 12.1 Å². The third-order valence-corrected chi connectivity index (χ3v) is 3.31. The molecular weight excluding hydrogens is 336 g/mol. The van der Waals surface area contributed by atoms with Crippen LogP contribution in [-0.2, 0) is 17.9 Å². The highest BCUT2D eigenvalue weighted by Crippen LogP contribution is 2.18. The molecule has 0 fully saturated rings. The number of amides is 1. The summed E-state index contributed by atoms with van der Waals surface area (Å²) in [6, 6.07) is 13.5. The molecule has 0 atom stereocenters. The number of hydrogen-bond donors (Lipinski definition) is 1. The van der Waals surface area contributed by atoms with Crippen LogP contribution in [0.4, 0.5) is 10.5 Å². The molecule has 138 valence electrons. The molecule has 0 saturated heterocycles. The number of ether oxygens (including phenoxy) is 2. The maximum absolute atomic E-state index is 11.6. The number of nitrogens with zero attached hydrogens (tertiary/aromatic N) is 1. The average Bonchev–Trinajstić information content (AvgIpc) is 2.58. The predicted molar refractivity (Wildman–Crippen MR) is 96.9 cm³/mol. The van der Waals surface area contributed by atoms with E-state index in [-0.39, 0.29) is 5.69 Å². The zero-order valence-corrected chi connectivity index (χ0v) is 15.0. The molecule has 0 saturated carbocycles. The van der Waals surface area contributed by atoms with E-state index < -0.39 is 16.6 Å². The van der Waals surface area contributed by atoms with Gasteiger partial charge in [-0.15, -0.1) is 0 Å². The summed E-state index contributed by atoms with van der Waals surface area (Å²) >= 11 is 0. The fraction of sp³-hybridized carbons (Fsp3) is 0.316. The number of carbonyl (C=O) groups is 1. The molecule has 0 bridgehead atoms. The summed E-state index contributed by atoms with van der Waals surface area (Å²) in [5.74, 6) is 0.561. The number of hydrogen-bond acceptors (Lipinski definition) is 5. The van der Waals surface area contributed by atoms with Gasteiger partial charge in [-0.05, 0) is 44.0 Å². The number of nitrogens with one attached hydrogen (secondary N) is 1. The zero-order valence-electron chi connectivity index (χ0n) is 15.0. The van der Waals surface area contributed by atoms with Gasteiger partial charge in [0.1, 0.15) is 18.0 Å². The van der Waals surface area contributed by atoms with Crippen LogP contribution in [0, 0.1) is 10.1 Å². The Balaban J connectivity index is 1.81. The van der Waals surface area contributed by atoms with Crippen molar-refractivity contribution in [2.75, 3.05) is 0 Å². The van der Waals surface area contributed by atoms with E-state index in [2.05, 4.69) is 5.32 Å². The smallest absolute Gasteiger partial charge is 0.407 e. The van der Waals surface area contributed by atoms with Gasteiger partial charge in [0.15, 0.2) is 0 Å². The molecule has 7 nitrogen and oxygen atoms in total. The minimum absolute atomic E-state index is 0.0270. The minimum atomic E-state index is -0.525. The molecule has 2 aromatic carbocycles. The number of alkyl carbamates (subject to hydrolysis) is 1. The minimum Gasteiger partial charge on any atom is -0.489 e. The van der Waals surface area contributed by atoms with Crippen LogP contribution in [0.5, 0.6) is 5.75 Å². The van der Waals surface area contributed by atoms with Gasteiger partial charge in [0.2, 0.25) is 0 Å². The van der Waals surface area contributed by atoms with E-state index in [1.807, 2.05) is 45.0 Å². The van der Waals surface area contributed by atoms with Gasteiger partial charge >= 0.3 is 6.09 Å². The summed E-state index contributed by atoms with van der Waals surface area (Å²) in [7, 11) is 0. The van der Waals surface area contributed by atoms with Gasteiger partial charge in [-0.2, -0.15) is 0 Å². The summed E-state index contributed by atoms with van der Waals surface area (Å²) in [5, 5.41) is 13.3. The first-order valence-corrected chi connectivity index (χ1v) is 8.15. The second-order valence-corrected chi connectivity index (χ2v) is 6.71. The molecule has 0 unspecified atom stereocenters. The first-order valence-electron chi connectivity index (χ1n) is 8.15. The van der Waals surface area contributed by atoms with Gasteiger partial charge in [-0.3, -0.25) is 10.1 Å². The lowest BCUT2D eigenvalue weighted by molar-refractivity contribution is -0.384. The van der Waals surface area contributed by atoms with Crippen LogP contribution in [0.25, 0.3) is 0 Å². The lowest BCUT2D eigenvalue weighted by atomic mass is 10.1. The molecule has 2 rings (SSSR count). The monoisotopic (exact) mass is 358 g/mol. The molecule has 0 aliphatic heterocycles. The van der Waals surface area contributed by atoms with Gasteiger partial charge in [0.05, 0.1) is 4.92 Å². The van der Waals surface area contributed by atoms with E-state index in [0.29, 0.717) is 18.9 Å². The van der Waals surface area contributed by atoms with Crippen molar-refractivity contribution >= 4 is 11.8 Å². The van der Waals surface area contributed by atoms with E-state index in [0.717, 1.165) is 11.1 Å². The van der Waals surface area contributed by atoms with E-state index in [1.54, 1.807) is 12.1 Å². The third-order valence-electron chi connectivity index (χ3n) is 3.31. The van der Waals surface area contributed by atoms with Gasteiger partial charge in [-0.1, -0.05) is 24.3 Å². The van der Waals surface area contributed by atoms with Gasteiger partial charge in [-0.25, -0.2) is 4.79 Å². The van der Waals surface area contributed by atoms with Gasteiger partial charge in [0.25, 0.3) is 5.69 Å². The van der Waals surface area contributed by atoms with E-state index >= 15 is 0 Å². The first kappa shape index (κ1) is 19.2. The Morgan fingerprint density at radius 1 is 1.04 bits per heavy atom. The van der Waals surface area contributed by atoms with Crippen molar-refractivity contribution in [1.29, 1.82) is 0 Å². The highest BCUT2D eigenvalue weighted by Gasteiger charge is 2.15. The zero-order chi connectivity index (χ0) is 19.2. The van der Waals surface area contributed by atoms with Gasteiger partial charge < -0.3 is 14.8 Å². The number of nitro groups is 1. The molecule has 0 radical (unpaired) electrons. The van der Waals surface area contributed by atoms with Crippen molar-refractivity contribution in [3.8, 4) is 5.75 Å². The van der Waals surface area contributed by atoms with Crippen molar-refractivity contribution in [3.63, 3.8) is 0 Å². The summed E-state index contributed by atoms with van der Waals surface area (Å²) in [4.78, 5) is 21.8. The van der Waals surface area contributed by atoms with Crippen LogP contribution in [-0.4, -0.2) is 16.6 Å². The van der Waals surface area contributed by atoms with Crippen LogP contribution in [0.1, 0.15) is 31.9 Å². The topological polar surface area (TPSA) is 90.7 Å². The molecule has 2 aromatic rings. The standard InChI is InChI=1S/C19H22N2O5/c1-19(2,3)26-18(22)20-12-14-4-6-15(7-5-14)13-25-17-10-8-16(9-11-17)21(23)24/h4-11H,12-13H2,1-3H3,(H,20,22). The summed E-state index contributed by atoms with van der Waals surface area (Å²) < 4.78 is 10.8. The molecule has 0 heterocycles. The highest BCUT2D eigenvalue weighted by atomic mass is 16.6. The number of carbonyl (C=O) groups excluding carboxylic acids is 1. The van der Waals surface area contributed by atoms with E-state index in [9.17, 15) is 14.9 Å². The Bertz CT molecular complexity index is 749. The molecule has 1 amide bonds. The quantitative estimate of drug-likeness (QED) is 0.617. The number of rotatable bonds is 6. The first-order chi connectivity index (χ1) is 12.2. The molecule has 1 N–H and O–H groups in total. The van der Waals surface area contributed by atoms with E-state index in [4.69, 9.17) is 9.47 Å². The molecular formula is C19H22N2O5. The van der Waals surface area contributed by atoms with Crippen LogP contribution in [0.3, 0.4) is 0 Å². The molecule has 26 heavy (non-hydrogen) atoms. The van der Waals surface area contributed by atoms with Crippen LogP contribution in [0.2, 0.25) is 0 Å². The van der Waals surface area contributed by atoms with Crippen LogP contribution < -0.4 is 10.1 Å². The number of nitro benzene ring substituents is 1. The Morgan fingerprint density at radius 2 is 1.62 bits per heavy atom. The maximum atomic E-state index is 11.6. The van der Waals surface area contributed by atoms with Crippen LogP contribution >= 0.6 is 0 Å². The van der Waals surface area contributed by atoms with Crippen molar-refractivity contribution in [3.05, 3.63) is 69.8 Å². The number of non-ortho nitro benzene ring substituents is 1. The molecule has 0 aliphatic rings. The Labute approximate surface area is 152 Å². The summed E-state index contributed by atoms with van der Waals surface area (Å²) in [5.41, 5.74) is 1.39.